The first-order chi connectivity index (χ1) is 15.8. The molecule has 2 saturated carbocycles. The highest BCUT2D eigenvalue weighted by atomic mass is 19.2. The molecule has 2 aliphatic carbocycles. The van der Waals surface area contributed by atoms with Gasteiger partial charge in [-0.25, -0.2) is 13.2 Å². The largest absolute Gasteiger partial charge is 0.463 e. The first-order valence-corrected chi connectivity index (χ1v) is 12.2. The van der Waals surface area contributed by atoms with Crippen LogP contribution in [0.2, 0.25) is 0 Å². The molecule has 5 nitrogen and oxygen atoms in total. The van der Waals surface area contributed by atoms with E-state index in [1.807, 2.05) is 4.90 Å². The fraction of sp³-hybridized carbons (Fsp3) is 0.680. The van der Waals surface area contributed by atoms with Gasteiger partial charge in [-0.1, -0.05) is 25.7 Å². The summed E-state index contributed by atoms with van der Waals surface area (Å²) in [6.45, 7) is 0.196. The molecule has 0 unspecified atom stereocenters. The summed E-state index contributed by atoms with van der Waals surface area (Å²) in [7, 11) is 0. The highest BCUT2D eigenvalue weighted by Crippen LogP contribution is 2.40. The van der Waals surface area contributed by atoms with Crippen molar-refractivity contribution >= 4 is 11.9 Å². The molecule has 33 heavy (non-hydrogen) atoms. The summed E-state index contributed by atoms with van der Waals surface area (Å²) < 4.78 is 46.4. The molecular weight excluding hydrogens is 433 g/mol. The van der Waals surface area contributed by atoms with Crippen molar-refractivity contribution in [2.24, 2.45) is 17.6 Å². The first-order valence-electron chi connectivity index (χ1n) is 12.2. The summed E-state index contributed by atoms with van der Waals surface area (Å²) in [5.41, 5.74) is 6.09. The van der Waals surface area contributed by atoms with Gasteiger partial charge in [0.2, 0.25) is 5.91 Å². The average Bonchev–Trinajstić information content (AvgIpc) is 3.43. The van der Waals surface area contributed by atoms with Crippen molar-refractivity contribution in [2.75, 3.05) is 6.61 Å². The Hall–Kier alpha value is -2.09. The summed E-state index contributed by atoms with van der Waals surface area (Å²) in [4.78, 5) is 27.6. The number of halogens is 3. The fourth-order valence-electron chi connectivity index (χ4n) is 5.96. The molecule has 1 aromatic rings. The van der Waals surface area contributed by atoms with Gasteiger partial charge in [0.05, 0.1) is 12.0 Å². The van der Waals surface area contributed by atoms with E-state index in [1.165, 1.54) is 0 Å². The van der Waals surface area contributed by atoms with Gasteiger partial charge in [0, 0.05) is 24.6 Å². The van der Waals surface area contributed by atoms with Crippen molar-refractivity contribution in [1.82, 2.24) is 4.90 Å². The van der Waals surface area contributed by atoms with Crippen LogP contribution >= 0.6 is 0 Å². The smallest absolute Gasteiger partial charge is 0.309 e. The van der Waals surface area contributed by atoms with Gasteiger partial charge < -0.3 is 15.4 Å². The normalized spacial score (nSPS) is 26.3. The van der Waals surface area contributed by atoms with E-state index in [9.17, 15) is 22.8 Å². The molecule has 8 heteroatoms. The van der Waals surface area contributed by atoms with Gasteiger partial charge in [-0.3, -0.25) is 9.59 Å². The van der Waals surface area contributed by atoms with Crippen molar-refractivity contribution in [3.63, 3.8) is 0 Å². The molecule has 4 atom stereocenters. The highest BCUT2D eigenvalue weighted by molar-refractivity contribution is 5.78. The Labute approximate surface area is 192 Å². The monoisotopic (exact) mass is 466 g/mol. The number of fused-ring (bicyclic) bond motifs is 1. The maximum absolute atomic E-state index is 14.0. The molecule has 3 fully saturated rings. The number of amides is 1. The maximum Gasteiger partial charge on any atom is 0.309 e. The minimum Gasteiger partial charge on any atom is -0.463 e. The van der Waals surface area contributed by atoms with Gasteiger partial charge in [-0.2, -0.15) is 0 Å². The van der Waals surface area contributed by atoms with E-state index < -0.39 is 23.5 Å². The molecule has 0 bridgehead atoms. The van der Waals surface area contributed by atoms with Gasteiger partial charge in [0.1, 0.15) is 12.4 Å². The Morgan fingerprint density at radius 1 is 1.00 bits per heavy atom. The van der Waals surface area contributed by atoms with Crippen molar-refractivity contribution in [3.05, 3.63) is 35.1 Å². The summed E-state index contributed by atoms with van der Waals surface area (Å²) >= 11 is 0. The quantitative estimate of drug-likeness (QED) is 0.482. The van der Waals surface area contributed by atoms with Gasteiger partial charge in [0.25, 0.3) is 0 Å². The number of carbonyl (C=O) groups is 2. The number of hydrogen-bond donors (Lipinski definition) is 1. The van der Waals surface area contributed by atoms with Gasteiger partial charge in [-0.05, 0) is 56.1 Å². The van der Waals surface area contributed by atoms with Gasteiger partial charge >= 0.3 is 5.97 Å². The third-order valence-electron chi connectivity index (χ3n) is 7.60. The number of carbonyl (C=O) groups excluding carboxylic acids is 2. The van der Waals surface area contributed by atoms with Crippen LogP contribution in [0, 0.1) is 29.3 Å². The Kier molecular flexibility index (Phi) is 7.62. The number of nitrogens with two attached hydrogens (primary N) is 1. The lowest BCUT2D eigenvalue weighted by Gasteiger charge is -2.34. The molecule has 1 heterocycles. The van der Waals surface area contributed by atoms with Gasteiger partial charge in [-0.15, -0.1) is 0 Å². The Morgan fingerprint density at radius 3 is 2.42 bits per heavy atom. The summed E-state index contributed by atoms with van der Waals surface area (Å²) in [5, 5.41) is 0. The van der Waals surface area contributed by atoms with Crippen molar-refractivity contribution in [3.8, 4) is 0 Å². The number of esters is 1. The molecule has 182 valence electrons. The Bertz CT molecular complexity index is 875. The van der Waals surface area contributed by atoms with E-state index in [-0.39, 0.29) is 54.9 Å². The summed E-state index contributed by atoms with van der Waals surface area (Å²) in [6, 6.07) is 0.493. The van der Waals surface area contributed by atoms with E-state index >= 15 is 0 Å². The first kappa shape index (κ1) is 24.0. The number of likely N-dealkylation sites (tertiary alicyclic amines) is 1. The molecule has 0 radical (unpaired) electrons. The molecule has 1 aliphatic heterocycles. The lowest BCUT2D eigenvalue weighted by atomic mass is 9.84. The number of ether oxygens (including phenoxy) is 1. The lowest BCUT2D eigenvalue weighted by molar-refractivity contribution is -0.152. The van der Waals surface area contributed by atoms with Crippen molar-refractivity contribution in [2.45, 2.75) is 88.8 Å². The second-order valence-corrected chi connectivity index (χ2v) is 9.94. The number of rotatable bonds is 7. The van der Waals surface area contributed by atoms with Crippen LogP contribution in [0.4, 0.5) is 13.2 Å². The molecular formula is C25H33F3N2O3. The third-order valence-corrected chi connectivity index (χ3v) is 7.60. The summed E-state index contributed by atoms with van der Waals surface area (Å²) in [6.07, 6.45) is 8.68. The van der Waals surface area contributed by atoms with Crippen LogP contribution in [0.25, 0.3) is 0 Å². The Balaban J connectivity index is 1.40. The van der Waals surface area contributed by atoms with E-state index in [0.29, 0.717) is 12.0 Å². The van der Waals surface area contributed by atoms with E-state index in [2.05, 4.69) is 0 Å². The van der Waals surface area contributed by atoms with Crippen LogP contribution < -0.4 is 5.73 Å². The van der Waals surface area contributed by atoms with Crippen LogP contribution in [0.5, 0.6) is 0 Å². The number of hydrogen-bond acceptors (Lipinski definition) is 4. The Morgan fingerprint density at radius 2 is 1.67 bits per heavy atom. The zero-order valence-corrected chi connectivity index (χ0v) is 18.9. The van der Waals surface area contributed by atoms with Crippen LogP contribution in [-0.4, -0.2) is 41.5 Å². The van der Waals surface area contributed by atoms with Crippen molar-refractivity contribution < 1.29 is 27.5 Å². The summed E-state index contributed by atoms with van der Waals surface area (Å²) in [5.74, 6) is -3.23. The minimum absolute atomic E-state index is 0.0303. The number of nitrogens with zero attached hydrogens (tertiary/aromatic N) is 1. The van der Waals surface area contributed by atoms with Crippen LogP contribution in [0.15, 0.2) is 12.1 Å². The molecule has 0 aromatic heterocycles. The fourth-order valence-corrected chi connectivity index (χ4v) is 5.96. The van der Waals surface area contributed by atoms with E-state index in [4.69, 9.17) is 10.5 Å². The van der Waals surface area contributed by atoms with E-state index in [0.717, 1.165) is 63.9 Å². The third kappa shape index (κ3) is 5.53. The second kappa shape index (κ2) is 10.5. The topological polar surface area (TPSA) is 72.6 Å². The van der Waals surface area contributed by atoms with Crippen molar-refractivity contribution in [1.29, 1.82) is 0 Å². The minimum atomic E-state index is -1.25. The van der Waals surface area contributed by atoms with E-state index in [1.54, 1.807) is 0 Å². The second-order valence-electron chi connectivity index (χ2n) is 9.94. The zero-order valence-electron chi connectivity index (χ0n) is 18.9. The standard InChI is InChI=1S/C25H33F3N2O3/c26-20-13-22(28)21(27)11-17(20)9-18(29)12-24(31)30-19(10-16-7-3-4-8-23(16)30)14-33-25(32)15-5-1-2-6-15/h11,13,15-16,18-19,23H,1-10,12,14,29H2/t16-,18+,19-,23-/m0/s1. The molecule has 0 spiro atoms. The highest BCUT2D eigenvalue weighted by Gasteiger charge is 2.45. The molecule has 1 aromatic carbocycles. The molecule has 4 rings (SSSR count). The molecule has 3 aliphatic rings. The van der Waals surface area contributed by atoms with Crippen LogP contribution in [0.1, 0.15) is 69.8 Å². The molecule has 1 saturated heterocycles. The lowest BCUT2D eigenvalue weighted by Crippen LogP contribution is -2.47. The zero-order chi connectivity index (χ0) is 23.5. The van der Waals surface area contributed by atoms with Gasteiger partial charge in [0.15, 0.2) is 11.6 Å². The molecule has 2 N–H and O–H groups in total. The average molecular weight is 467 g/mol. The van der Waals surface area contributed by atoms with Crippen LogP contribution in [-0.2, 0) is 20.7 Å². The maximum atomic E-state index is 14.0. The predicted octanol–water partition coefficient (Wildman–Crippen LogP) is 4.26. The molecule has 1 amide bonds. The number of benzene rings is 1. The SMILES string of the molecule is N[C@@H](CC(=O)N1[C@H](COC(=O)C2CCCC2)C[C@@H]2CCCC[C@@H]21)Cc1cc(F)c(F)cc1F. The predicted molar refractivity (Wildman–Crippen MR) is 117 cm³/mol. The van der Waals surface area contributed by atoms with Crippen LogP contribution in [0.3, 0.4) is 0 Å².